The molecule has 0 amide bonds. The summed E-state index contributed by atoms with van der Waals surface area (Å²) < 4.78 is 1.73. The molecule has 2 aromatic heterocycles. The van der Waals surface area contributed by atoms with E-state index in [-0.39, 0.29) is 0 Å². The maximum atomic E-state index is 11.7. The summed E-state index contributed by atoms with van der Waals surface area (Å²) in [5.74, 6) is -0.355. The van der Waals surface area contributed by atoms with Crippen molar-refractivity contribution in [2.75, 3.05) is 0 Å². The Hall–Kier alpha value is -2.69. The summed E-state index contributed by atoms with van der Waals surface area (Å²) in [4.78, 5) is 20.5. The zero-order valence-corrected chi connectivity index (χ0v) is 11.8. The lowest BCUT2D eigenvalue weighted by Gasteiger charge is -2.24. The quantitative estimate of drug-likeness (QED) is 0.801. The topological polar surface area (TPSA) is 68.0 Å². The molecule has 0 spiro atoms. The second kappa shape index (κ2) is 4.70. The number of hydrogen-bond acceptors (Lipinski definition) is 3. The van der Waals surface area contributed by atoms with Gasteiger partial charge in [-0.25, -0.2) is 9.78 Å². The molecule has 0 aliphatic heterocycles. The average molecular weight is 281 g/mol. The highest BCUT2D eigenvalue weighted by Crippen LogP contribution is 2.30. The third kappa shape index (κ3) is 2.07. The van der Waals surface area contributed by atoms with Crippen LogP contribution in [0.1, 0.15) is 13.8 Å². The largest absolute Gasteiger partial charge is 0.480 e. The average Bonchev–Trinajstić information content (AvgIpc) is 2.88. The third-order valence-corrected chi connectivity index (χ3v) is 3.54. The molecule has 0 bridgehead atoms. The van der Waals surface area contributed by atoms with Crippen LogP contribution in [0.2, 0.25) is 0 Å². The molecule has 21 heavy (non-hydrogen) atoms. The van der Waals surface area contributed by atoms with Crippen LogP contribution in [-0.2, 0) is 10.3 Å². The standard InChI is InChI=1S/C16H15N3O2/c1-16(2,15(20)21)19-13-9-4-3-7-11(13)18-14(19)12-8-5-6-10-17-12/h3-10H,1-2H3,(H,20,21). The van der Waals surface area contributed by atoms with Gasteiger partial charge in [-0.1, -0.05) is 18.2 Å². The molecule has 1 aromatic carbocycles. The van der Waals surface area contributed by atoms with Crippen molar-refractivity contribution in [3.8, 4) is 11.5 Å². The molecule has 106 valence electrons. The highest BCUT2D eigenvalue weighted by molar-refractivity contribution is 5.85. The van der Waals surface area contributed by atoms with Crippen LogP contribution in [0, 0.1) is 0 Å². The number of benzene rings is 1. The summed E-state index contributed by atoms with van der Waals surface area (Å²) in [5.41, 5.74) is 1.07. The molecular weight excluding hydrogens is 266 g/mol. The molecule has 5 nitrogen and oxygen atoms in total. The van der Waals surface area contributed by atoms with E-state index in [2.05, 4.69) is 9.97 Å². The maximum absolute atomic E-state index is 11.7. The molecule has 0 unspecified atom stereocenters. The highest BCUT2D eigenvalue weighted by atomic mass is 16.4. The van der Waals surface area contributed by atoms with Gasteiger partial charge < -0.3 is 9.67 Å². The molecule has 2 heterocycles. The number of carboxylic acid groups (broad SMARTS) is 1. The Bertz CT molecular complexity index is 807. The van der Waals surface area contributed by atoms with E-state index in [1.54, 1.807) is 24.6 Å². The Kier molecular flexibility index (Phi) is 2.97. The minimum atomic E-state index is -1.12. The Balaban J connectivity index is 2.37. The fraction of sp³-hybridized carbons (Fsp3) is 0.188. The van der Waals surface area contributed by atoms with Crippen LogP contribution < -0.4 is 0 Å². The van der Waals surface area contributed by atoms with Crippen molar-refractivity contribution in [3.63, 3.8) is 0 Å². The summed E-state index contributed by atoms with van der Waals surface area (Å²) in [6, 6.07) is 13.0. The number of aliphatic carboxylic acids is 1. The lowest BCUT2D eigenvalue weighted by molar-refractivity contribution is -0.145. The van der Waals surface area contributed by atoms with Crippen molar-refractivity contribution < 1.29 is 9.90 Å². The Morgan fingerprint density at radius 2 is 1.86 bits per heavy atom. The fourth-order valence-corrected chi connectivity index (χ4v) is 2.35. The summed E-state index contributed by atoms with van der Waals surface area (Å²) in [7, 11) is 0. The number of fused-ring (bicyclic) bond motifs is 1. The molecule has 1 N–H and O–H groups in total. The van der Waals surface area contributed by atoms with Gasteiger partial charge in [-0.15, -0.1) is 0 Å². The van der Waals surface area contributed by atoms with Crippen molar-refractivity contribution >= 4 is 17.0 Å². The first-order valence-corrected chi connectivity index (χ1v) is 6.64. The number of carboxylic acids is 1. The van der Waals surface area contributed by atoms with Gasteiger partial charge in [0.05, 0.1) is 11.0 Å². The van der Waals surface area contributed by atoms with Crippen LogP contribution >= 0.6 is 0 Å². The Morgan fingerprint density at radius 3 is 2.52 bits per heavy atom. The molecular formula is C16H15N3O2. The van der Waals surface area contributed by atoms with E-state index in [4.69, 9.17) is 0 Å². The van der Waals surface area contributed by atoms with Crippen LogP contribution in [0.25, 0.3) is 22.6 Å². The minimum Gasteiger partial charge on any atom is -0.480 e. The van der Waals surface area contributed by atoms with E-state index in [1.807, 2.05) is 42.5 Å². The normalized spacial score (nSPS) is 11.7. The maximum Gasteiger partial charge on any atom is 0.329 e. The van der Waals surface area contributed by atoms with E-state index in [0.717, 1.165) is 11.0 Å². The van der Waals surface area contributed by atoms with Gasteiger partial charge in [0.1, 0.15) is 11.2 Å². The zero-order valence-electron chi connectivity index (χ0n) is 11.8. The molecule has 0 saturated carbocycles. The molecule has 0 aliphatic carbocycles. The van der Waals surface area contributed by atoms with E-state index >= 15 is 0 Å². The fourth-order valence-electron chi connectivity index (χ4n) is 2.35. The minimum absolute atomic E-state index is 0.559. The summed E-state index contributed by atoms with van der Waals surface area (Å²) >= 11 is 0. The van der Waals surface area contributed by atoms with Crippen molar-refractivity contribution in [3.05, 3.63) is 48.7 Å². The number of hydrogen-bond donors (Lipinski definition) is 1. The van der Waals surface area contributed by atoms with Crippen molar-refractivity contribution in [2.24, 2.45) is 0 Å². The predicted octanol–water partition coefficient (Wildman–Crippen LogP) is 2.92. The predicted molar refractivity (Wildman–Crippen MR) is 79.9 cm³/mol. The van der Waals surface area contributed by atoms with E-state index in [1.165, 1.54) is 0 Å². The van der Waals surface area contributed by atoms with E-state index < -0.39 is 11.5 Å². The summed E-state index contributed by atoms with van der Waals surface area (Å²) in [6.45, 7) is 3.33. The highest BCUT2D eigenvalue weighted by Gasteiger charge is 2.33. The summed E-state index contributed by atoms with van der Waals surface area (Å²) in [6.07, 6.45) is 1.67. The van der Waals surface area contributed by atoms with Crippen LogP contribution in [0.3, 0.4) is 0 Å². The van der Waals surface area contributed by atoms with Crippen molar-refractivity contribution in [2.45, 2.75) is 19.4 Å². The number of nitrogens with zero attached hydrogens (tertiary/aromatic N) is 3. The number of para-hydroxylation sites is 2. The number of pyridine rings is 1. The van der Waals surface area contributed by atoms with Gasteiger partial charge in [0, 0.05) is 6.20 Å². The van der Waals surface area contributed by atoms with Crippen LogP contribution in [-0.4, -0.2) is 25.6 Å². The first-order chi connectivity index (χ1) is 10.0. The summed E-state index contributed by atoms with van der Waals surface area (Å²) in [5, 5.41) is 9.57. The SMILES string of the molecule is CC(C)(C(=O)O)n1c(-c2ccccn2)nc2ccccc21. The first-order valence-electron chi connectivity index (χ1n) is 6.64. The Morgan fingerprint density at radius 1 is 1.14 bits per heavy atom. The number of aromatic nitrogens is 3. The molecule has 5 heteroatoms. The molecule has 0 aliphatic rings. The molecule has 0 fully saturated rings. The number of rotatable bonds is 3. The molecule has 0 atom stereocenters. The monoisotopic (exact) mass is 281 g/mol. The van der Waals surface area contributed by atoms with Gasteiger partial charge in [-0.3, -0.25) is 4.98 Å². The first kappa shape index (κ1) is 13.3. The smallest absolute Gasteiger partial charge is 0.329 e. The zero-order chi connectivity index (χ0) is 15.0. The molecule has 3 rings (SSSR count). The van der Waals surface area contributed by atoms with Gasteiger partial charge in [-0.2, -0.15) is 0 Å². The molecule has 0 radical (unpaired) electrons. The second-order valence-electron chi connectivity index (χ2n) is 5.34. The van der Waals surface area contributed by atoms with E-state index in [0.29, 0.717) is 11.5 Å². The van der Waals surface area contributed by atoms with Crippen LogP contribution in [0.15, 0.2) is 48.7 Å². The van der Waals surface area contributed by atoms with Gasteiger partial charge in [0.25, 0.3) is 0 Å². The van der Waals surface area contributed by atoms with Crippen molar-refractivity contribution in [1.29, 1.82) is 0 Å². The van der Waals surface area contributed by atoms with E-state index in [9.17, 15) is 9.90 Å². The van der Waals surface area contributed by atoms with Crippen LogP contribution in [0.4, 0.5) is 0 Å². The van der Waals surface area contributed by atoms with Gasteiger partial charge in [0.2, 0.25) is 0 Å². The Labute approximate surface area is 121 Å². The lowest BCUT2D eigenvalue weighted by Crippen LogP contribution is -2.36. The molecule has 0 saturated heterocycles. The van der Waals surface area contributed by atoms with Crippen molar-refractivity contribution in [1.82, 2.24) is 14.5 Å². The van der Waals surface area contributed by atoms with Gasteiger partial charge in [-0.05, 0) is 38.1 Å². The van der Waals surface area contributed by atoms with Crippen LogP contribution in [0.5, 0.6) is 0 Å². The molecule has 3 aromatic rings. The lowest BCUT2D eigenvalue weighted by atomic mass is 10.0. The third-order valence-electron chi connectivity index (χ3n) is 3.54. The van der Waals surface area contributed by atoms with Gasteiger partial charge in [0.15, 0.2) is 5.82 Å². The number of imidazole rings is 1. The second-order valence-corrected chi connectivity index (χ2v) is 5.34. The van der Waals surface area contributed by atoms with Gasteiger partial charge >= 0.3 is 5.97 Å². The number of carbonyl (C=O) groups is 1.